The summed E-state index contributed by atoms with van der Waals surface area (Å²) in [5.74, 6) is -0.0912. The van der Waals surface area contributed by atoms with Crippen LogP contribution in [0.25, 0.3) is 0 Å². The third-order valence-electron chi connectivity index (χ3n) is 3.40. The van der Waals surface area contributed by atoms with Gasteiger partial charge in [0.05, 0.1) is 9.82 Å². The van der Waals surface area contributed by atoms with Gasteiger partial charge in [-0.05, 0) is 12.5 Å². The van der Waals surface area contributed by atoms with Crippen LogP contribution in [0.3, 0.4) is 0 Å². The van der Waals surface area contributed by atoms with Gasteiger partial charge in [0.15, 0.2) is 0 Å². The Morgan fingerprint density at radius 2 is 1.95 bits per heavy atom. The summed E-state index contributed by atoms with van der Waals surface area (Å²) < 4.78 is 25.2. The molecule has 0 heterocycles. The van der Waals surface area contributed by atoms with E-state index < -0.39 is 14.9 Å². The molecule has 8 heteroatoms. The van der Waals surface area contributed by atoms with Crippen LogP contribution in [-0.2, 0) is 10.0 Å². The lowest BCUT2D eigenvalue weighted by molar-refractivity contribution is -0.385. The Morgan fingerprint density at radius 3 is 2.38 bits per heavy atom. The van der Waals surface area contributed by atoms with Gasteiger partial charge in [0.1, 0.15) is 0 Å². The summed E-state index contributed by atoms with van der Waals surface area (Å²) in [6.07, 6.45) is 0.816. The summed E-state index contributed by atoms with van der Waals surface area (Å²) in [7, 11) is -0.900. The lowest BCUT2D eigenvalue weighted by Crippen LogP contribution is -2.22. The summed E-state index contributed by atoms with van der Waals surface area (Å²) in [4.78, 5) is 10.8. The van der Waals surface area contributed by atoms with Crippen molar-refractivity contribution in [2.24, 2.45) is 0 Å². The Balaban J connectivity index is 3.43. The molecule has 2 atom stereocenters. The minimum atomic E-state index is -3.68. The molecular formula is C13H19BrN2O4S. The zero-order valence-electron chi connectivity index (χ0n) is 12.4. The number of sulfonamides is 1. The van der Waals surface area contributed by atoms with Crippen LogP contribution < -0.4 is 0 Å². The number of nitro benzene ring substituents is 1. The van der Waals surface area contributed by atoms with Crippen LogP contribution in [0.1, 0.15) is 31.7 Å². The van der Waals surface area contributed by atoms with Gasteiger partial charge in [0.25, 0.3) is 5.69 Å². The Labute approximate surface area is 133 Å². The van der Waals surface area contributed by atoms with Crippen LogP contribution in [0, 0.1) is 10.1 Å². The highest BCUT2D eigenvalue weighted by molar-refractivity contribution is 9.09. The summed E-state index contributed by atoms with van der Waals surface area (Å²) in [5, 5.41) is 11.3. The second kappa shape index (κ2) is 6.85. The number of benzene rings is 1. The fourth-order valence-electron chi connectivity index (χ4n) is 1.99. The third kappa shape index (κ3) is 3.81. The van der Waals surface area contributed by atoms with Gasteiger partial charge < -0.3 is 0 Å². The lowest BCUT2D eigenvalue weighted by Gasteiger charge is -2.18. The van der Waals surface area contributed by atoms with Crippen molar-refractivity contribution in [2.75, 3.05) is 14.1 Å². The third-order valence-corrected chi connectivity index (χ3v) is 6.65. The van der Waals surface area contributed by atoms with E-state index in [-0.39, 0.29) is 21.3 Å². The van der Waals surface area contributed by atoms with Crippen molar-refractivity contribution in [1.29, 1.82) is 0 Å². The summed E-state index contributed by atoms with van der Waals surface area (Å²) in [5.41, 5.74) is 0.366. The van der Waals surface area contributed by atoms with Gasteiger partial charge in [-0.2, -0.15) is 0 Å². The van der Waals surface area contributed by atoms with Crippen molar-refractivity contribution in [3.8, 4) is 0 Å². The van der Waals surface area contributed by atoms with E-state index in [2.05, 4.69) is 15.9 Å². The Kier molecular flexibility index (Phi) is 5.89. The minimum absolute atomic E-state index is 0.0715. The molecule has 0 spiro atoms. The second-order valence-electron chi connectivity index (χ2n) is 4.98. The van der Waals surface area contributed by atoms with E-state index in [1.165, 1.54) is 26.2 Å². The fourth-order valence-corrected chi connectivity index (χ4v) is 3.19. The highest BCUT2D eigenvalue weighted by Crippen LogP contribution is 2.34. The molecule has 6 nitrogen and oxygen atoms in total. The average molecular weight is 379 g/mol. The second-order valence-corrected chi connectivity index (χ2v) is 8.31. The maximum atomic E-state index is 12.1. The molecule has 0 aliphatic rings. The molecule has 0 aromatic heterocycles. The Bertz CT molecular complexity index is 631. The van der Waals surface area contributed by atoms with Crippen molar-refractivity contribution in [2.45, 2.75) is 35.9 Å². The molecule has 21 heavy (non-hydrogen) atoms. The maximum absolute atomic E-state index is 12.1. The number of nitrogens with zero attached hydrogens (tertiary/aromatic N) is 2. The van der Waals surface area contributed by atoms with E-state index in [4.69, 9.17) is 0 Å². The first-order chi connectivity index (χ1) is 9.62. The van der Waals surface area contributed by atoms with E-state index >= 15 is 0 Å². The van der Waals surface area contributed by atoms with Crippen molar-refractivity contribution in [3.63, 3.8) is 0 Å². The molecule has 0 saturated carbocycles. The van der Waals surface area contributed by atoms with Gasteiger partial charge in [-0.25, -0.2) is 12.7 Å². The van der Waals surface area contributed by atoms with Crippen LogP contribution in [0.4, 0.5) is 5.69 Å². The Hall–Kier alpha value is -0.990. The highest BCUT2D eigenvalue weighted by Gasteiger charge is 2.27. The topological polar surface area (TPSA) is 80.5 Å². The van der Waals surface area contributed by atoms with Gasteiger partial charge in [0, 0.05) is 36.5 Å². The largest absolute Gasteiger partial charge is 0.274 e. The van der Waals surface area contributed by atoms with Crippen LogP contribution in [0.15, 0.2) is 23.1 Å². The minimum Gasteiger partial charge on any atom is -0.258 e. The first-order valence-corrected chi connectivity index (χ1v) is 8.83. The summed E-state index contributed by atoms with van der Waals surface area (Å²) in [6, 6.07) is 4.09. The van der Waals surface area contributed by atoms with Gasteiger partial charge >= 0.3 is 0 Å². The first kappa shape index (κ1) is 18.1. The van der Waals surface area contributed by atoms with E-state index in [0.29, 0.717) is 5.56 Å². The number of halogens is 1. The molecule has 118 valence electrons. The number of hydrogen-bond acceptors (Lipinski definition) is 4. The van der Waals surface area contributed by atoms with Crippen molar-refractivity contribution in [1.82, 2.24) is 4.31 Å². The Morgan fingerprint density at radius 1 is 1.38 bits per heavy atom. The number of rotatable bonds is 6. The smallest absolute Gasteiger partial charge is 0.258 e. The molecule has 0 amide bonds. The average Bonchev–Trinajstić information content (AvgIpc) is 2.44. The van der Waals surface area contributed by atoms with E-state index in [0.717, 1.165) is 16.8 Å². The van der Waals surface area contributed by atoms with E-state index in [1.54, 1.807) is 0 Å². The molecule has 0 aliphatic carbocycles. The lowest BCUT2D eigenvalue weighted by atomic mass is 9.95. The first-order valence-electron chi connectivity index (χ1n) is 6.47. The number of alkyl halides is 1. The molecule has 0 aliphatic heterocycles. The zero-order valence-corrected chi connectivity index (χ0v) is 14.8. The molecule has 0 fully saturated rings. The molecule has 0 saturated heterocycles. The molecule has 1 rings (SSSR count). The van der Waals surface area contributed by atoms with Gasteiger partial charge in [-0.15, -0.1) is 0 Å². The fraction of sp³-hybridized carbons (Fsp3) is 0.538. The quantitative estimate of drug-likeness (QED) is 0.432. The summed E-state index contributed by atoms with van der Waals surface area (Å²) >= 11 is 3.49. The standard InChI is InChI=1S/C13H19BrN2O4S/c1-5-12(14)9(2)11-7-6-10(8-13(11)16(17)18)21(19,20)15(3)4/h6-9,12H,5H2,1-4H3. The number of nitro groups is 1. The SMILES string of the molecule is CCC(Br)C(C)c1ccc(S(=O)(=O)N(C)C)cc1[N+](=O)[O-]. The number of hydrogen-bond donors (Lipinski definition) is 0. The van der Waals surface area contributed by atoms with Crippen molar-refractivity contribution in [3.05, 3.63) is 33.9 Å². The van der Waals surface area contributed by atoms with Gasteiger partial charge in [-0.1, -0.05) is 35.8 Å². The molecule has 0 radical (unpaired) electrons. The van der Waals surface area contributed by atoms with Crippen molar-refractivity contribution >= 4 is 31.6 Å². The van der Waals surface area contributed by atoms with Crippen LogP contribution in [0.5, 0.6) is 0 Å². The zero-order chi connectivity index (χ0) is 16.4. The van der Waals surface area contributed by atoms with Crippen LogP contribution >= 0.6 is 15.9 Å². The highest BCUT2D eigenvalue weighted by atomic mass is 79.9. The van der Waals surface area contributed by atoms with E-state index in [9.17, 15) is 18.5 Å². The normalized spacial score (nSPS) is 15.0. The van der Waals surface area contributed by atoms with Gasteiger partial charge in [0.2, 0.25) is 10.0 Å². The molecule has 1 aromatic rings. The van der Waals surface area contributed by atoms with Crippen LogP contribution in [-0.4, -0.2) is 36.6 Å². The molecule has 0 N–H and O–H groups in total. The van der Waals surface area contributed by atoms with Crippen LogP contribution in [0.2, 0.25) is 0 Å². The maximum Gasteiger partial charge on any atom is 0.274 e. The predicted molar refractivity (Wildman–Crippen MR) is 85.4 cm³/mol. The molecule has 2 unspecified atom stereocenters. The molecular weight excluding hydrogens is 360 g/mol. The van der Waals surface area contributed by atoms with E-state index in [1.807, 2.05) is 13.8 Å². The monoisotopic (exact) mass is 378 g/mol. The molecule has 0 bridgehead atoms. The van der Waals surface area contributed by atoms with Crippen molar-refractivity contribution < 1.29 is 13.3 Å². The molecule has 1 aromatic carbocycles. The van der Waals surface area contributed by atoms with Gasteiger partial charge in [-0.3, -0.25) is 10.1 Å². The predicted octanol–water partition coefficient (Wildman–Crippen LogP) is 3.12. The summed E-state index contributed by atoms with van der Waals surface area (Å²) in [6.45, 7) is 3.86.